The van der Waals surface area contributed by atoms with Gasteiger partial charge in [0.2, 0.25) is 0 Å². The highest BCUT2D eigenvalue weighted by molar-refractivity contribution is 5.68. The third-order valence-electron chi connectivity index (χ3n) is 6.44. The molecule has 2 N–H and O–H groups in total. The molecule has 0 heterocycles. The Bertz CT molecular complexity index is 1610. The molecular weight excluding hydrogens is 745 g/mol. The summed E-state index contributed by atoms with van der Waals surface area (Å²) in [5, 5.41) is 48.8. The average molecular weight is 794 g/mol. The first-order valence-electron chi connectivity index (χ1n) is 17.0. The molecule has 3 aromatic carbocycles. The molecule has 0 spiro atoms. The normalized spacial score (nSPS) is 10.7. The zero-order chi connectivity index (χ0) is 42.5. The maximum absolute atomic E-state index is 12.5. The van der Waals surface area contributed by atoms with E-state index in [1.54, 1.807) is 41.5 Å². The maximum atomic E-state index is 12.5. The molecule has 308 valence electrons. The molecule has 0 atom stereocenters. The zero-order valence-electron chi connectivity index (χ0n) is 32.0. The van der Waals surface area contributed by atoms with Crippen LogP contribution >= 0.6 is 0 Å². The molecule has 0 saturated carbocycles. The molecule has 0 unspecified atom stereocenters. The highest BCUT2D eigenvalue weighted by atomic mass is 19.1. The molecule has 2 amide bonds. The lowest BCUT2D eigenvalue weighted by molar-refractivity contribution is -0.385. The molecule has 0 aliphatic heterocycles. The van der Waals surface area contributed by atoms with E-state index in [0.717, 1.165) is 24.3 Å². The van der Waals surface area contributed by atoms with Crippen molar-refractivity contribution in [2.45, 2.75) is 52.7 Å². The Kier molecular flexibility index (Phi) is 20.2. The van der Waals surface area contributed by atoms with Crippen molar-refractivity contribution in [3.63, 3.8) is 0 Å². The van der Waals surface area contributed by atoms with Gasteiger partial charge in [0.1, 0.15) is 41.7 Å². The lowest BCUT2D eigenvalue weighted by atomic mass is 10.2. The van der Waals surface area contributed by atoms with Crippen molar-refractivity contribution in [3.8, 4) is 11.5 Å². The van der Waals surface area contributed by atoms with Crippen LogP contribution in [0, 0.1) is 36.2 Å². The van der Waals surface area contributed by atoms with Crippen molar-refractivity contribution in [1.29, 1.82) is 0 Å². The van der Waals surface area contributed by atoms with Gasteiger partial charge in [-0.25, -0.2) is 14.0 Å². The fourth-order valence-corrected chi connectivity index (χ4v) is 3.92. The van der Waals surface area contributed by atoms with Gasteiger partial charge >= 0.3 is 12.2 Å². The minimum atomic E-state index is -0.687. The molecular formula is C36H48FN5O14. The summed E-state index contributed by atoms with van der Waals surface area (Å²) in [6, 6.07) is 15.6. The van der Waals surface area contributed by atoms with Crippen LogP contribution in [0.4, 0.5) is 31.0 Å². The first kappa shape index (κ1) is 47.9. The van der Waals surface area contributed by atoms with Crippen molar-refractivity contribution < 1.29 is 57.9 Å². The Balaban J connectivity index is 0.000000533. The summed E-state index contributed by atoms with van der Waals surface area (Å²) in [5.74, 6) is 0.398. The van der Waals surface area contributed by atoms with Crippen LogP contribution in [0.25, 0.3) is 0 Å². The minimum Gasteiger partial charge on any atom is -0.492 e. The van der Waals surface area contributed by atoms with E-state index in [-0.39, 0.29) is 69.7 Å². The van der Waals surface area contributed by atoms with E-state index in [2.05, 4.69) is 0 Å². The summed E-state index contributed by atoms with van der Waals surface area (Å²) in [4.78, 5) is 56.5. The Morgan fingerprint density at radius 1 is 0.571 bits per heavy atom. The van der Waals surface area contributed by atoms with E-state index in [4.69, 9.17) is 29.2 Å². The number of aliphatic hydroxyl groups excluding tert-OH is 2. The maximum Gasteiger partial charge on any atom is 0.410 e. The molecule has 0 fully saturated rings. The second kappa shape index (κ2) is 23.6. The van der Waals surface area contributed by atoms with E-state index in [0.29, 0.717) is 11.5 Å². The van der Waals surface area contributed by atoms with Gasteiger partial charge in [0.25, 0.3) is 17.1 Å². The van der Waals surface area contributed by atoms with Gasteiger partial charge in [-0.3, -0.25) is 30.3 Å². The van der Waals surface area contributed by atoms with Crippen LogP contribution in [0.15, 0.2) is 72.8 Å². The van der Waals surface area contributed by atoms with Gasteiger partial charge in [-0.1, -0.05) is 0 Å². The zero-order valence-corrected chi connectivity index (χ0v) is 32.0. The number of halogens is 1. The van der Waals surface area contributed by atoms with E-state index in [1.165, 1.54) is 58.3 Å². The van der Waals surface area contributed by atoms with Crippen molar-refractivity contribution in [3.05, 3.63) is 109 Å². The lowest BCUT2D eigenvalue weighted by Crippen LogP contribution is -2.41. The van der Waals surface area contributed by atoms with E-state index >= 15 is 0 Å². The van der Waals surface area contributed by atoms with Crippen molar-refractivity contribution in [2.75, 3.05) is 52.6 Å². The number of carbonyl (C=O) groups is 2. The number of benzene rings is 3. The summed E-state index contributed by atoms with van der Waals surface area (Å²) < 4.78 is 33.8. The van der Waals surface area contributed by atoms with E-state index in [9.17, 15) is 44.3 Å². The number of ether oxygens (including phenoxy) is 4. The van der Waals surface area contributed by atoms with Crippen LogP contribution in [0.1, 0.15) is 41.5 Å². The largest absolute Gasteiger partial charge is 0.492 e. The van der Waals surface area contributed by atoms with Crippen LogP contribution < -0.4 is 9.47 Å². The second-order valence-corrected chi connectivity index (χ2v) is 13.3. The van der Waals surface area contributed by atoms with Gasteiger partial charge in [-0.2, -0.15) is 0 Å². The molecule has 0 aliphatic rings. The van der Waals surface area contributed by atoms with Gasteiger partial charge in [-0.05, 0) is 77.9 Å². The van der Waals surface area contributed by atoms with Crippen LogP contribution in [0.3, 0.4) is 0 Å². The number of nitro groups is 3. The number of amides is 2. The molecule has 0 saturated heterocycles. The molecule has 0 bridgehead atoms. The molecule has 20 heteroatoms. The van der Waals surface area contributed by atoms with Crippen LogP contribution in [-0.4, -0.2) is 111 Å². The Hall–Kier alpha value is -6.15. The van der Waals surface area contributed by atoms with Gasteiger partial charge in [0, 0.05) is 49.5 Å². The summed E-state index contributed by atoms with van der Waals surface area (Å²) in [7, 11) is 0. The van der Waals surface area contributed by atoms with Gasteiger partial charge in [-0.15, -0.1) is 0 Å². The quantitative estimate of drug-likeness (QED) is 0.130. The number of nitro benzene ring substituents is 3. The molecule has 3 aromatic rings. The number of carbonyl (C=O) groups excluding carboxylic acids is 2. The molecule has 19 nitrogen and oxygen atoms in total. The van der Waals surface area contributed by atoms with Gasteiger partial charge in [0.05, 0.1) is 41.1 Å². The number of nitrogens with zero attached hydrogens (tertiary/aromatic N) is 5. The minimum absolute atomic E-state index is 0.0453. The van der Waals surface area contributed by atoms with E-state index < -0.39 is 44.0 Å². The highest BCUT2D eigenvalue weighted by Crippen LogP contribution is 2.19. The topological polar surface area (TPSA) is 247 Å². The fourth-order valence-electron chi connectivity index (χ4n) is 3.92. The summed E-state index contributed by atoms with van der Waals surface area (Å²) >= 11 is 0. The number of hydrogen-bond donors (Lipinski definition) is 2. The van der Waals surface area contributed by atoms with Crippen molar-refractivity contribution in [1.82, 2.24) is 9.80 Å². The molecule has 0 aliphatic carbocycles. The van der Waals surface area contributed by atoms with Crippen molar-refractivity contribution in [2.24, 2.45) is 0 Å². The smallest absolute Gasteiger partial charge is 0.410 e. The third kappa shape index (κ3) is 20.3. The van der Waals surface area contributed by atoms with Crippen LogP contribution in [0.5, 0.6) is 11.5 Å². The average Bonchev–Trinajstić information content (AvgIpc) is 3.10. The number of rotatable bonds is 15. The van der Waals surface area contributed by atoms with Gasteiger partial charge in [0.15, 0.2) is 0 Å². The number of non-ortho nitro benzene ring substituents is 3. The third-order valence-corrected chi connectivity index (χ3v) is 6.44. The predicted octanol–water partition coefficient (Wildman–Crippen LogP) is 6.14. The Morgan fingerprint density at radius 2 is 0.857 bits per heavy atom. The first-order valence-corrected chi connectivity index (χ1v) is 17.0. The van der Waals surface area contributed by atoms with Gasteiger partial charge < -0.3 is 39.0 Å². The molecule has 56 heavy (non-hydrogen) atoms. The number of hydrogen-bond acceptors (Lipinski definition) is 14. The van der Waals surface area contributed by atoms with E-state index in [1.807, 2.05) is 0 Å². The summed E-state index contributed by atoms with van der Waals surface area (Å²) in [6.07, 6.45) is -1.06. The SMILES string of the molecule is CC(C)(C)OC(=O)N(CCO)CCO.CC(C)(C)OC(=O)N(CCOc1ccc([N+](=O)[O-])cc1)CCOc1ccc([N+](=O)[O-])cc1.O=[N+]([O-])c1ccc(F)cc1. The van der Waals surface area contributed by atoms with Crippen LogP contribution in [-0.2, 0) is 9.47 Å². The standard InChI is InChI=1S/C21H25N3O8.C9H19NO4.C6H4FNO2/c1-21(2,3)32-20(25)22(12-14-30-18-8-4-16(5-9-18)23(26)27)13-15-31-19-10-6-17(7-11-19)24(28)29;1-9(2,3)14-8(13)10(4-6-11)5-7-12;7-5-1-3-6(4-2-5)8(9)10/h4-11H,12-15H2,1-3H3;11-12H,4-7H2,1-3H3;1-4H. The lowest BCUT2D eigenvalue weighted by Gasteiger charge is -2.27. The first-order chi connectivity index (χ1) is 26.1. The number of aliphatic hydroxyl groups is 2. The Morgan fingerprint density at radius 3 is 1.12 bits per heavy atom. The predicted molar refractivity (Wildman–Crippen MR) is 200 cm³/mol. The monoisotopic (exact) mass is 793 g/mol. The molecule has 0 aromatic heterocycles. The molecule has 3 rings (SSSR count). The Labute approximate surface area is 322 Å². The van der Waals surface area contributed by atoms with Crippen molar-refractivity contribution >= 4 is 29.2 Å². The second-order valence-electron chi connectivity index (χ2n) is 13.3. The fraction of sp³-hybridized carbons (Fsp3) is 0.444. The summed E-state index contributed by atoms with van der Waals surface area (Å²) in [6.45, 7) is 11.3. The highest BCUT2D eigenvalue weighted by Gasteiger charge is 2.23. The van der Waals surface area contributed by atoms with Crippen LogP contribution in [0.2, 0.25) is 0 Å². The summed E-state index contributed by atoms with van der Waals surface area (Å²) in [5.41, 5.74) is -1.43. The molecule has 0 radical (unpaired) electrons.